The van der Waals surface area contributed by atoms with Gasteiger partial charge in [0.1, 0.15) is 0 Å². The number of piperidine rings is 1. The first-order valence-electron chi connectivity index (χ1n) is 10.3. The fraction of sp³-hybridized carbons (Fsp3) is 0.667. The van der Waals surface area contributed by atoms with E-state index in [4.69, 9.17) is 14.5 Å². The largest absolute Gasteiger partial charge is 0.454 e. The van der Waals surface area contributed by atoms with Gasteiger partial charge in [-0.05, 0) is 69.4 Å². The third-order valence-electron chi connectivity index (χ3n) is 5.51. The van der Waals surface area contributed by atoms with Gasteiger partial charge in [-0.2, -0.15) is 0 Å². The predicted molar refractivity (Wildman–Crippen MR) is 109 cm³/mol. The molecular weight excluding hydrogens is 340 g/mol. The summed E-state index contributed by atoms with van der Waals surface area (Å²) >= 11 is 0. The highest BCUT2D eigenvalue weighted by Gasteiger charge is 2.18. The van der Waals surface area contributed by atoms with Crippen LogP contribution in [0, 0.1) is 5.92 Å². The summed E-state index contributed by atoms with van der Waals surface area (Å²) in [5.41, 5.74) is 1.19. The van der Waals surface area contributed by atoms with Gasteiger partial charge < -0.3 is 24.6 Å². The highest BCUT2D eigenvalue weighted by atomic mass is 16.7. The quantitative estimate of drug-likeness (QED) is 0.587. The number of nitrogens with zero attached hydrogens (tertiary/aromatic N) is 3. The highest BCUT2D eigenvalue weighted by molar-refractivity contribution is 5.79. The van der Waals surface area contributed by atoms with Crippen LogP contribution in [0.3, 0.4) is 0 Å². The van der Waals surface area contributed by atoms with E-state index in [1.54, 1.807) is 0 Å². The van der Waals surface area contributed by atoms with Crippen molar-refractivity contribution in [2.45, 2.75) is 39.7 Å². The Hall–Kier alpha value is -1.95. The molecule has 2 heterocycles. The van der Waals surface area contributed by atoms with Crippen LogP contribution in [0.1, 0.15) is 38.7 Å². The number of rotatable bonds is 7. The molecule has 1 fully saturated rings. The topological polar surface area (TPSA) is 49.3 Å². The molecule has 27 heavy (non-hydrogen) atoms. The Morgan fingerprint density at radius 1 is 1.22 bits per heavy atom. The smallest absolute Gasteiger partial charge is 0.231 e. The van der Waals surface area contributed by atoms with Crippen molar-refractivity contribution in [2.75, 3.05) is 46.6 Å². The number of nitrogens with one attached hydrogen (secondary N) is 1. The van der Waals surface area contributed by atoms with Crippen LogP contribution in [0.15, 0.2) is 23.2 Å². The normalized spacial score (nSPS) is 18.0. The molecule has 1 saturated heterocycles. The van der Waals surface area contributed by atoms with E-state index >= 15 is 0 Å². The van der Waals surface area contributed by atoms with E-state index in [2.05, 4.69) is 48.1 Å². The number of ether oxygens (including phenoxy) is 2. The average Bonchev–Trinajstić information content (AvgIpc) is 3.15. The standard InChI is InChI=1S/C21H34N4O2/c1-4-22-21(23-11-8-17-9-12-25(5-2)13-10-17)24(3)15-18-6-7-19-20(14-18)27-16-26-19/h6-7,14,17H,4-5,8-13,15-16H2,1-3H3,(H,22,23). The van der Waals surface area contributed by atoms with E-state index in [0.29, 0.717) is 6.79 Å². The second-order valence-corrected chi connectivity index (χ2v) is 7.45. The van der Waals surface area contributed by atoms with Crippen molar-refractivity contribution in [1.29, 1.82) is 0 Å². The van der Waals surface area contributed by atoms with E-state index in [9.17, 15) is 0 Å². The van der Waals surface area contributed by atoms with Crippen molar-refractivity contribution in [1.82, 2.24) is 15.1 Å². The maximum absolute atomic E-state index is 5.49. The number of hydrogen-bond acceptors (Lipinski definition) is 4. The van der Waals surface area contributed by atoms with E-state index < -0.39 is 0 Å². The summed E-state index contributed by atoms with van der Waals surface area (Å²) in [5, 5.41) is 3.42. The molecular formula is C21H34N4O2. The first kappa shape index (κ1) is 19.8. The Labute approximate surface area is 163 Å². The zero-order chi connectivity index (χ0) is 19.1. The fourth-order valence-electron chi connectivity index (χ4n) is 3.80. The molecule has 0 aromatic heterocycles. The van der Waals surface area contributed by atoms with Gasteiger partial charge in [-0.15, -0.1) is 0 Å². The molecule has 0 spiro atoms. The van der Waals surface area contributed by atoms with Gasteiger partial charge in [0.25, 0.3) is 0 Å². The monoisotopic (exact) mass is 374 g/mol. The Balaban J connectivity index is 1.51. The molecule has 0 atom stereocenters. The number of fused-ring (bicyclic) bond motifs is 1. The van der Waals surface area contributed by atoms with Gasteiger partial charge in [-0.3, -0.25) is 4.99 Å². The maximum Gasteiger partial charge on any atom is 0.231 e. The van der Waals surface area contributed by atoms with E-state index in [0.717, 1.165) is 43.0 Å². The second kappa shape index (κ2) is 9.83. The molecule has 1 N–H and O–H groups in total. The van der Waals surface area contributed by atoms with E-state index in [-0.39, 0.29) is 0 Å². The average molecular weight is 375 g/mol. The lowest BCUT2D eigenvalue weighted by atomic mass is 9.94. The lowest BCUT2D eigenvalue weighted by molar-refractivity contribution is 0.174. The van der Waals surface area contributed by atoms with Crippen molar-refractivity contribution in [3.05, 3.63) is 23.8 Å². The van der Waals surface area contributed by atoms with Crippen LogP contribution in [-0.4, -0.2) is 62.3 Å². The minimum Gasteiger partial charge on any atom is -0.454 e. The molecule has 0 radical (unpaired) electrons. The summed E-state index contributed by atoms with van der Waals surface area (Å²) in [4.78, 5) is 9.60. The predicted octanol–water partition coefficient (Wildman–Crippen LogP) is 2.93. The molecule has 6 heteroatoms. The number of guanidine groups is 1. The zero-order valence-electron chi connectivity index (χ0n) is 17.0. The first-order valence-corrected chi connectivity index (χ1v) is 10.3. The SMILES string of the molecule is CCNC(=NCCC1CCN(CC)CC1)N(C)Cc1ccc2c(c1)OCO2. The van der Waals surface area contributed by atoms with Crippen LogP contribution in [-0.2, 0) is 6.54 Å². The van der Waals surface area contributed by atoms with Crippen molar-refractivity contribution < 1.29 is 9.47 Å². The molecule has 0 unspecified atom stereocenters. The summed E-state index contributed by atoms with van der Waals surface area (Å²) in [7, 11) is 2.09. The summed E-state index contributed by atoms with van der Waals surface area (Å²) in [5.74, 6) is 3.46. The van der Waals surface area contributed by atoms with Gasteiger partial charge in [0, 0.05) is 26.7 Å². The van der Waals surface area contributed by atoms with E-state index in [1.165, 1.54) is 44.5 Å². The van der Waals surface area contributed by atoms with Crippen LogP contribution >= 0.6 is 0 Å². The number of benzene rings is 1. The molecule has 1 aromatic rings. The Morgan fingerprint density at radius 2 is 2.00 bits per heavy atom. The summed E-state index contributed by atoms with van der Waals surface area (Å²) in [6.45, 7) is 10.9. The van der Waals surface area contributed by atoms with Crippen LogP contribution in [0.4, 0.5) is 0 Å². The zero-order valence-corrected chi connectivity index (χ0v) is 17.0. The number of likely N-dealkylation sites (tertiary alicyclic amines) is 1. The maximum atomic E-state index is 5.49. The second-order valence-electron chi connectivity index (χ2n) is 7.45. The van der Waals surface area contributed by atoms with Gasteiger partial charge in [-0.25, -0.2) is 0 Å². The molecule has 1 aromatic carbocycles. The molecule has 150 valence electrons. The molecule has 0 aliphatic carbocycles. The van der Waals surface area contributed by atoms with Gasteiger partial charge >= 0.3 is 0 Å². The highest BCUT2D eigenvalue weighted by Crippen LogP contribution is 2.32. The molecule has 2 aliphatic rings. The number of hydrogen-bond donors (Lipinski definition) is 1. The third kappa shape index (κ3) is 5.51. The van der Waals surface area contributed by atoms with Crippen LogP contribution in [0.25, 0.3) is 0 Å². The van der Waals surface area contributed by atoms with Gasteiger partial charge in [0.05, 0.1) is 0 Å². The molecule has 0 bridgehead atoms. The molecule has 0 saturated carbocycles. The minimum absolute atomic E-state index is 0.315. The first-order chi connectivity index (χ1) is 13.2. The van der Waals surface area contributed by atoms with Crippen molar-refractivity contribution in [3.63, 3.8) is 0 Å². The van der Waals surface area contributed by atoms with Crippen LogP contribution in [0.5, 0.6) is 11.5 Å². The van der Waals surface area contributed by atoms with E-state index in [1.807, 2.05) is 6.07 Å². The Bertz CT molecular complexity index is 627. The fourth-order valence-corrected chi connectivity index (χ4v) is 3.80. The van der Waals surface area contributed by atoms with Crippen LogP contribution in [0.2, 0.25) is 0 Å². The third-order valence-corrected chi connectivity index (χ3v) is 5.51. The summed E-state index contributed by atoms with van der Waals surface area (Å²) in [6.07, 6.45) is 3.81. The molecule has 3 rings (SSSR count). The van der Waals surface area contributed by atoms with Crippen molar-refractivity contribution >= 4 is 5.96 Å². The van der Waals surface area contributed by atoms with Gasteiger partial charge in [0.2, 0.25) is 6.79 Å². The van der Waals surface area contributed by atoms with Crippen molar-refractivity contribution in [3.8, 4) is 11.5 Å². The Kier molecular flexibility index (Phi) is 7.21. The molecule has 2 aliphatic heterocycles. The van der Waals surface area contributed by atoms with Gasteiger partial charge in [0.15, 0.2) is 17.5 Å². The minimum atomic E-state index is 0.315. The summed E-state index contributed by atoms with van der Waals surface area (Å²) in [6, 6.07) is 6.14. The van der Waals surface area contributed by atoms with Gasteiger partial charge in [-0.1, -0.05) is 13.0 Å². The Morgan fingerprint density at radius 3 is 2.74 bits per heavy atom. The lowest BCUT2D eigenvalue weighted by Gasteiger charge is -2.30. The lowest BCUT2D eigenvalue weighted by Crippen LogP contribution is -2.38. The summed E-state index contributed by atoms with van der Waals surface area (Å²) < 4.78 is 10.9. The van der Waals surface area contributed by atoms with Crippen molar-refractivity contribution in [2.24, 2.45) is 10.9 Å². The molecule has 6 nitrogen and oxygen atoms in total. The van der Waals surface area contributed by atoms with Crippen LogP contribution < -0.4 is 14.8 Å². The number of aliphatic imine (C=N–C) groups is 1. The molecule has 0 amide bonds.